The molecule has 1 aromatic carbocycles. The van der Waals surface area contributed by atoms with Crippen LogP contribution in [0, 0.1) is 5.41 Å². The normalized spacial score (nSPS) is 24.4. The van der Waals surface area contributed by atoms with E-state index in [9.17, 15) is 9.59 Å². The Labute approximate surface area is 119 Å². The summed E-state index contributed by atoms with van der Waals surface area (Å²) in [5.41, 5.74) is 1.14. The van der Waals surface area contributed by atoms with Gasteiger partial charge in [0, 0.05) is 6.54 Å². The van der Waals surface area contributed by atoms with Gasteiger partial charge in [0.25, 0.3) is 0 Å². The molecular formula is C16H20N2O2. The molecule has 1 saturated carbocycles. The zero-order chi connectivity index (χ0) is 14.2. The Balaban J connectivity index is 1.90. The SMILES string of the molecule is CCC1(CN2C(=O)CNC(=O)C2c2ccccc2)CC1. The quantitative estimate of drug-likeness (QED) is 0.909. The highest BCUT2D eigenvalue weighted by Crippen LogP contribution is 2.50. The van der Waals surface area contributed by atoms with Gasteiger partial charge in [0.2, 0.25) is 11.8 Å². The molecule has 1 unspecified atom stereocenters. The summed E-state index contributed by atoms with van der Waals surface area (Å²) in [5.74, 6) is -0.0409. The molecule has 0 radical (unpaired) electrons. The van der Waals surface area contributed by atoms with Crippen LogP contribution in [0.1, 0.15) is 37.8 Å². The number of benzene rings is 1. The highest BCUT2D eigenvalue weighted by atomic mass is 16.2. The van der Waals surface area contributed by atoms with Gasteiger partial charge in [-0.25, -0.2) is 0 Å². The number of amides is 2. The van der Waals surface area contributed by atoms with E-state index in [1.165, 1.54) is 0 Å². The number of carbonyl (C=O) groups is 2. The zero-order valence-electron chi connectivity index (χ0n) is 11.8. The molecule has 4 nitrogen and oxygen atoms in total. The van der Waals surface area contributed by atoms with Crippen molar-refractivity contribution in [1.29, 1.82) is 0 Å². The minimum Gasteiger partial charge on any atom is -0.345 e. The highest BCUT2D eigenvalue weighted by Gasteiger charge is 2.46. The van der Waals surface area contributed by atoms with E-state index in [1.807, 2.05) is 30.3 Å². The summed E-state index contributed by atoms with van der Waals surface area (Å²) in [6.45, 7) is 3.00. The molecule has 2 amide bonds. The minimum atomic E-state index is -0.471. The number of hydrogen-bond acceptors (Lipinski definition) is 2. The third-order valence-corrected chi connectivity index (χ3v) is 4.62. The maximum absolute atomic E-state index is 12.3. The van der Waals surface area contributed by atoms with Gasteiger partial charge in [0.15, 0.2) is 0 Å². The number of nitrogens with zero attached hydrogens (tertiary/aromatic N) is 1. The van der Waals surface area contributed by atoms with E-state index in [1.54, 1.807) is 4.90 Å². The third-order valence-electron chi connectivity index (χ3n) is 4.62. The Morgan fingerprint density at radius 3 is 2.55 bits per heavy atom. The number of carbonyl (C=O) groups excluding carboxylic acids is 2. The van der Waals surface area contributed by atoms with E-state index in [0.29, 0.717) is 6.54 Å². The van der Waals surface area contributed by atoms with Crippen molar-refractivity contribution < 1.29 is 9.59 Å². The fourth-order valence-electron chi connectivity index (χ4n) is 2.95. The third kappa shape index (κ3) is 2.30. The van der Waals surface area contributed by atoms with Crippen molar-refractivity contribution in [3.05, 3.63) is 35.9 Å². The molecule has 3 rings (SSSR count). The Hall–Kier alpha value is -1.84. The molecule has 1 N–H and O–H groups in total. The first kappa shape index (κ1) is 13.2. The highest BCUT2D eigenvalue weighted by molar-refractivity contribution is 5.95. The van der Waals surface area contributed by atoms with Gasteiger partial charge in [-0.3, -0.25) is 9.59 Å². The standard InChI is InChI=1S/C16H20N2O2/c1-2-16(8-9-16)11-18-13(19)10-17-15(20)14(18)12-6-4-3-5-7-12/h3-7,14H,2,8-11H2,1H3,(H,17,20). The fourth-order valence-corrected chi connectivity index (χ4v) is 2.95. The van der Waals surface area contributed by atoms with Crippen molar-refractivity contribution in [3.8, 4) is 0 Å². The predicted molar refractivity (Wildman–Crippen MR) is 75.9 cm³/mol. The minimum absolute atomic E-state index is 0.0261. The Bertz CT molecular complexity index is 523. The van der Waals surface area contributed by atoms with Crippen molar-refractivity contribution in [3.63, 3.8) is 0 Å². The van der Waals surface area contributed by atoms with Gasteiger partial charge >= 0.3 is 0 Å². The first-order chi connectivity index (χ1) is 9.65. The molecule has 1 atom stereocenters. The molecule has 106 valence electrons. The predicted octanol–water partition coefficient (Wildman–Crippen LogP) is 1.88. The first-order valence-corrected chi connectivity index (χ1v) is 7.27. The monoisotopic (exact) mass is 272 g/mol. The van der Waals surface area contributed by atoms with Crippen LogP contribution in [-0.2, 0) is 9.59 Å². The summed E-state index contributed by atoms with van der Waals surface area (Å²) in [7, 11) is 0. The summed E-state index contributed by atoms with van der Waals surface area (Å²) in [5, 5.41) is 2.70. The summed E-state index contributed by atoms with van der Waals surface area (Å²) in [6, 6.07) is 9.11. The lowest BCUT2D eigenvalue weighted by Crippen LogP contribution is -2.54. The van der Waals surface area contributed by atoms with Gasteiger partial charge in [0.1, 0.15) is 6.04 Å². The van der Waals surface area contributed by atoms with E-state index in [2.05, 4.69) is 12.2 Å². The topological polar surface area (TPSA) is 49.4 Å². The maximum Gasteiger partial charge on any atom is 0.247 e. The molecule has 0 spiro atoms. The number of rotatable bonds is 4. The zero-order valence-corrected chi connectivity index (χ0v) is 11.8. The molecule has 2 aliphatic rings. The van der Waals surface area contributed by atoms with E-state index in [4.69, 9.17) is 0 Å². The van der Waals surface area contributed by atoms with Gasteiger partial charge < -0.3 is 10.2 Å². The van der Waals surface area contributed by atoms with Crippen LogP contribution in [-0.4, -0.2) is 29.8 Å². The van der Waals surface area contributed by atoms with Crippen LogP contribution in [0.5, 0.6) is 0 Å². The second kappa shape index (κ2) is 4.93. The number of piperazine rings is 1. The van der Waals surface area contributed by atoms with Crippen LogP contribution in [0.2, 0.25) is 0 Å². The molecule has 1 aromatic rings. The van der Waals surface area contributed by atoms with Crippen molar-refractivity contribution in [1.82, 2.24) is 10.2 Å². The van der Waals surface area contributed by atoms with Crippen molar-refractivity contribution in [2.24, 2.45) is 5.41 Å². The lowest BCUT2D eigenvalue weighted by molar-refractivity contribution is -0.146. The van der Waals surface area contributed by atoms with Gasteiger partial charge in [-0.2, -0.15) is 0 Å². The molecule has 1 saturated heterocycles. The van der Waals surface area contributed by atoms with Gasteiger partial charge in [-0.15, -0.1) is 0 Å². The number of hydrogen-bond donors (Lipinski definition) is 1. The van der Waals surface area contributed by atoms with Gasteiger partial charge in [-0.05, 0) is 30.2 Å². The lowest BCUT2D eigenvalue weighted by atomic mass is 9.97. The summed E-state index contributed by atoms with van der Waals surface area (Å²) >= 11 is 0. The summed E-state index contributed by atoms with van der Waals surface area (Å²) < 4.78 is 0. The Morgan fingerprint density at radius 2 is 1.95 bits per heavy atom. The molecule has 1 heterocycles. The summed E-state index contributed by atoms with van der Waals surface area (Å²) in [4.78, 5) is 26.3. The van der Waals surface area contributed by atoms with Gasteiger partial charge in [0.05, 0.1) is 6.54 Å². The fraction of sp³-hybridized carbons (Fsp3) is 0.500. The molecular weight excluding hydrogens is 252 g/mol. The Morgan fingerprint density at radius 1 is 1.25 bits per heavy atom. The van der Waals surface area contributed by atoms with E-state index >= 15 is 0 Å². The van der Waals surface area contributed by atoms with E-state index in [-0.39, 0.29) is 23.8 Å². The van der Waals surface area contributed by atoms with Crippen molar-refractivity contribution in [2.75, 3.05) is 13.1 Å². The van der Waals surface area contributed by atoms with Gasteiger partial charge in [-0.1, -0.05) is 37.3 Å². The average molecular weight is 272 g/mol. The van der Waals surface area contributed by atoms with Crippen LogP contribution < -0.4 is 5.32 Å². The van der Waals surface area contributed by atoms with Crippen LogP contribution in [0.15, 0.2) is 30.3 Å². The molecule has 1 aliphatic heterocycles. The van der Waals surface area contributed by atoms with Crippen molar-refractivity contribution in [2.45, 2.75) is 32.2 Å². The number of nitrogens with one attached hydrogen (secondary N) is 1. The van der Waals surface area contributed by atoms with E-state index < -0.39 is 6.04 Å². The molecule has 2 fully saturated rings. The summed E-state index contributed by atoms with van der Waals surface area (Å²) in [6.07, 6.45) is 3.40. The lowest BCUT2D eigenvalue weighted by Gasteiger charge is -2.37. The van der Waals surface area contributed by atoms with Crippen molar-refractivity contribution >= 4 is 11.8 Å². The van der Waals surface area contributed by atoms with Crippen LogP contribution in [0.4, 0.5) is 0 Å². The van der Waals surface area contributed by atoms with E-state index in [0.717, 1.165) is 24.8 Å². The maximum atomic E-state index is 12.3. The molecule has 4 heteroatoms. The average Bonchev–Trinajstić information content (AvgIpc) is 3.24. The smallest absolute Gasteiger partial charge is 0.247 e. The van der Waals surface area contributed by atoms with Crippen LogP contribution in [0.3, 0.4) is 0 Å². The second-order valence-electron chi connectivity index (χ2n) is 5.91. The van der Waals surface area contributed by atoms with Crippen LogP contribution >= 0.6 is 0 Å². The first-order valence-electron chi connectivity index (χ1n) is 7.27. The van der Waals surface area contributed by atoms with Crippen LogP contribution in [0.25, 0.3) is 0 Å². The molecule has 20 heavy (non-hydrogen) atoms. The molecule has 1 aliphatic carbocycles. The molecule has 0 bridgehead atoms. The Kier molecular flexibility index (Phi) is 3.24. The second-order valence-corrected chi connectivity index (χ2v) is 5.91. The largest absolute Gasteiger partial charge is 0.345 e. The molecule has 0 aromatic heterocycles.